The van der Waals surface area contributed by atoms with Gasteiger partial charge in [0.05, 0.1) is 12.2 Å². The molecular weight excluding hydrogens is 256 g/mol. The Morgan fingerprint density at radius 2 is 2.29 bits per heavy atom. The number of aromatic nitrogens is 1. The van der Waals surface area contributed by atoms with Crippen LogP contribution in [0.3, 0.4) is 0 Å². The fourth-order valence-corrected chi connectivity index (χ4v) is 3.12. The first-order valence-corrected chi connectivity index (χ1v) is 6.71. The predicted molar refractivity (Wildman–Crippen MR) is 70.2 cm³/mol. The number of hydrogen-bond donors (Lipinski definition) is 2. The number of carbonyl (C=O) groups is 1. The molecule has 0 saturated carbocycles. The van der Waals surface area contributed by atoms with Crippen LogP contribution in [0.25, 0.3) is 0 Å². The highest BCUT2D eigenvalue weighted by atomic mass is 32.1. The molecule has 2 N–H and O–H groups in total. The third-order valence-electron chi connectivity index (χ3n) is 2.45. The average molecular weight is 268 g/mol. The molecule has 17 heavy (non-hydrogen) atoms. The number of aryl methyl sites for hydroxylation is 2. The van der Waals surface area contributed by atoms with Crippen LogP contribution in [0.4, 0.5) is 5.00 Å². The Morgan fingerprint density at radius 3 is 2.88 bits per heavy atom. The monoisotopic (exact) mass is 268 g/mol. The summed E-state index contributed by atoms with van der Waals surface area (Å²) in [7, 11) is 0. The second kappa shape index (κ2) is 4.85. The number of carboxylic acids is 1. The summed E-state index contributed by atoms with van der Waals surface area (Å²) in [6, 6.07) is 2.05. The molecule has 2 aromatic heterocycles. The second-order valence-corrected chi connectivity index (χ2v) is 5.43. The number of aromatic carboxylic acids is 1. The maximum absolute atomic E-state index is 11.1. The third-order valence-corrected chi connectivity index (χ3v) is 4.37. The van der Waals surface area contributed by atoms with E-state index in [2.05, 4.69) is 15.8 Å². The van der Waals surface area contributed by atoms with Crippen LogP contribution in [0.15, 0.2) is 11.4 Å². The van der Waals surface area contributed by atoms with Crippen molar-refractivity contribution in [3.8, 4) is 0 Å². The Hall–Kier alpha value is -1.40. The van der Waals surface area contributed by atoms with Crippen molar-refractivity contribution in [1.82, 2.24) is 4.37 Å². The Balaban J connectivity index is 2.15. The van der Waals surface area contributed by atoms with Crippen LogP contribution < -0.4 is 5.32 Å². The summed E-state index contributed by atoms with van der Waals surface area (Å²) in [4.78, 5) is 12.3. The van der Waals surface area contributed by atoms with Crippen molar-refractivity contribution in [3.63, 3.8) is 0 Å². The van der Waals surface area contributed by atoms with Gasteiger partial charge in [-0.15, -0.1) is 11.3 Å². The van der Waals surface area contributed by atoms with E-state index in [0.717, 1.165) is 0 Å². The molecule has 2 rings (SSSR count). The summed E-state index contributed by atoms with van der Waals surface area (Å²) < 4.78 is 4.06. The number of thiophene rings is 1. The lowest BCUT2D eigenvalue weighted by Gasteiger charge is -2.04. The fourth-order valence-electron chi connectivity index (χ4n) is 1.49. The molecule has 4 nitrogen and oxygen atoms in total. The minimum Gasteiger partial charge on any atom is -0.478 e. The van der Waals surface area contributed by atoms with Gasteiger partial charge in [-0.2, -0.15) is 4.37 Å². The summed E-state index contributed by atoms with van der Waals surface area (Å²) in [5.74, 6) is -0.929. The number of hydrogen-bond acceptors (Lipinski definition) is 5. The molecule has 0 aliphatic carbocycles. The highest BCUT2D eigenvalue weighted by Gasteiger charge is 2.17. The van der Waals surface area contributed by atoms with Crippen molar-refractivity contribution in [2.45, 2.75) is 20.4 Å². The van der Waals surface area contributed by atoms with Crippen LogP contribution in [0.2, 0.25) is 0 Å². The lowest BCUT2D eigenvalue weighted by atomic mass is 10.2. The van der Waals surface area contributed by atoms with Crippen molar-refractivity contribution in [2.75, 3.05) is 5.32 Å². The standard InChI is InChI=1S/C11H12N2O2S2/c1-6-3-4-16-8(6)5-12-10-9(11(14)15)7(2)13-17-10/h3-4,12H,5H2,1-2H3,(H,14,15). The van der Waals surface area contributed by atoms with E-state index >= 15 is 0 Å². The molecule has 0 atom stereocenters. The van der Waals surface area contributed by atoms with Gasteiger partial charge in [-0.3, -0.25) is 0 Å². The zero-order valence-corrected chi connectivity index (χ0v) is 11.1. The minimum absolute atomic E-state index is 0.282. The minimum atomic E-state index is -0.929. The largest absolute Gasteiger partial charge is 0.478 e. The molecule has 6 heteroatoms. The third kappa shape index (κ3) is 2.48. The lowest BCUT2D eigenvalue weighted by Crippen LogP contribution is -2.04. The van der Waals surface area contributed by atoms with Crippen LogP contribution >= 0.6 is 22.9 Å². The van der Waals surface area contributed by atoms with Crippen molar-refractivity contribution < 1.29 is 9.90 Å². The van der Waals surface area contributed by atoms with E-state index < -0.39 is 5.97 Å². The van der Waals surface area contributed by atoms with Gasteiger partial charge < -0.3 is 10.4 Å². The van der Waals surface area contributed by atoms with E-state index in [0.29, 0.717) is 17.2 Å². The van der Waals surface area contributed by atoms with Gasteiger partial charge in [-0.25, -0.2) is 4.79 Å². The van der Waals surface area contributed by atoms with E-state index in [4.69, 9.17) is 5.11 Å². The number of nitrogens with zero attached hydrogens (tertiary/aromatic N) is 1. The quantitative estimate of drug-likeness (QED) is 0.894. The van der Waals surface area contributed by atoms with Crippen molar-refractivity contribution >= 4 is 33.8 Å². The number of rotatable bonds is 4. The summed E-state index contributed by atoms with van der Waals surface area (Å²) in [6.07, 6.45) is 0. The number of anilines is 1. The van der Waals surface area contributed by atoms with Gasteiger partial charge in [0.25, 0.3) is 0 Å². The number of carboxylic acid groups (broad SMARTS) is 1. The average Bonchev–Trinajstić information content (AvgIpc) is 2.82. The van der Waals surface area contributed by atoms with Crippen molar-refractivity contribution in [1.29, 1.82) is 0 Å². The molecule has 0 aliphatic heterocycles. The molecule has 0 amide bonds. The second-order valence-electron chi connectivity index (χ2n) is 3.66. The smallest absolute Gasteiger partial charge is 0.340 e. The molecule has 0 unspecified atom stereocenters. The van der Waals surface area contributed by atoms with E-state index in [1.807, 2.05) is 12.3 Å². The first kappa shape index (κ1) is 12.1. The topological polar surface area (TPSA) is 62.2 Å². The summed E-state index contributed by atoms with van der Waals surface area (Å²) in [5.41, 5.74) is 2.07. The molecule has 0 radical (unpaired) electrons. The predicted octanol–water partition coefficient (Wildman–Crippen LogP) is 3.13. The maximum Gasteiger partial charge on any atom is 0.340 e. The number of nitrogens with one attached hydrogen (secondary N) is 1. The van der Waals surface area contributed by atoms with Gasteiger partial charge in [0, 0.05) is 4.88 Å². The fraction of sp³-hybridized carbons (Fsp3) is 0.273. The normalized spacial score (nSPS) is 10.5. The molecule has 2 aromatic rings. The molecular formula is C11H12N2O2S2. The van der Waals surface area contributed by atoms with Crippen LogP contribution in [-0.2, 0) is 6.54 Å². The van der Waals surface area contributed by atoms with Crippen LogP contribution in [0.5, 0.6) is 0 Å². The first-order valence-electron chi connectivity index (χ1n) is 5.06. The van der Waals surface area contributed by atoms with E-state index in [1.54, 1.807) is 18.3 Å². The highest BCUT2D eigenvalue weighted by Crippen LogP contribution is 2.26. The highest BCUT2D eigenvalue weighted by molar-refractivity contribution is 7.11. The van der Waals surface area contributed by atoms with Gasteiger partial charge in [0.2, 0.25) is 0 Å². The Kier molecular flexibility index (Phi) is 3.44. The lowest BCUT2D eigenvalue weighted by molar-refractivity contribution is 0.0697. The van der Waals surface area contributed by atoms with Crippen molar-refractivity contribution in [3.05, 3.63) is 33.1 Å². The summed E-state index contributed by atoms with van der Waals surface area (Å²) >= 11 is 2.86. The molecule has 0 fully saturated rings. The van der Waals surface area contributed by atoms with Gasteiger partial charge in [-0.1, -0.05) is 0 Å². The molecule has 0 spiro atoms. The van der Waals surface area contributed by atoms with E-state index in [9.17, 15) is 4.79 Å². The molecule has 2 heterocycles. The molecule has 90 valence electrons. The maximum atomic E-state index is 11.1. The van der Waals surface area contributed by atoms with Gasteiger partial charge in [0.1, 0.15) is 10.6 Å². The SMILES string of the molecule is Cc1ccsc1CNc1snc(C)c1C(=O)O. The molecule has 0 saturated heterocycles. The molecule has 0 aromatic carbocycles. The van der Waals surface area contributed by atoms with E-state index in [1.165, 1.54) is 22.0 Å². The van der Waals surface area contributed by atoms with Crippen LogP contribution in [0, 0.1) is 13.8 Å². The van der Waals surface area contributed by atoms with Crippen molar-refractivity contribution in [2.24, 2.45) is 0 Å². The zero-order chi connectivity index (χ0) is 12.4. The van der Waals surface area contributed by atoms with Gasteiger partial charge in [-0.05, 0) is 42.4 Å². The Morgan fingerprint density at radius 1 is 1.53 bits per heavy atom. The summed E-state index contributed by atoms with van der Waals surface area (Å²) in [6.45, 7) is 4.40. The Labute approximate surface area is 107 Å². The zero-order valence-electron chi connectivity index (χ0n) is 9.48. The Bertz CT molecular complexity index is 545. The molecule has 0 aliphatic rings. The van der Waals surface area contributed by atoms with Crippen LogP contribution in [-0.4, -0.2) is 15.4 Å². The van der Waals surface area contributed by atoms with Crippen LogP contribution in [0.1, 0.15) is 26.5 Å². The van der Waals surface area contributed by atoms with E-state index in [-0.39, 0.29) is 5.56 Å². The first-order chi connectivity index (χ1) is 8.09. The van der Waals surface area contributed by atoms with Gasteiger partial charge >= 0.3 is 5.97 Å². The molecule has 0 bridgehead atoms. The van der Waals surface area contributed by atoms with Gasteiger partial charge in [0.15, 0.2) is 0 Å². The summed E-state index contributed by atoms with van der Waals surface area (Å²) in [5, 5.41) is 14.9.